The zero-order valence-electron chi connectivity index (χ0n) is 15.7. The molecule has 0 unspecified atom stereocenters. The van der Waals surface area contributed by atoms with E-state index in [1.165, 1.54) is 7.11 Å². The summed E-state index contributed by atoms with van der Waals surface area (Å²) in [5.41, 5.74) is 2.40. The second-order valence-electron chi connectivity index (χ2n) is 6.89. The smallest absolute Gasteiger partial charge is 0.224 e. The number of carbonyl (C=O) groups is 1. The molecule has 1 fully saturated rings. The lowest BCUT2D eigenvalue weighted by Crippen LogP contribution is -2.38. The van der Waals surface area contributed by atoms with Crippen molar-refractivity contribution in [2.75, 3.05) is 7.11 Å². The SMILES string of the molecule is CCC(=CC1CCC(NC(=O)Cc2ccc(O)c(OC)c2)CC1)CC. The second-order valence-corrected chi connectivity index (χ2v) is 6.89. The van der Waals surface area contributed by atoms with Gasteiger partial charge in [-0.1, -0.05) is 31.6 Å². The monoisotopic (exact) mass is 345 g/mol. The molecule has 1 aliphatic rings. The minimum absolute atomic E-state index is 0.0366. The molecular weight excluding hydrogens is 314 g/mol. The van der Waals surface area contributed by atoms with Gasteiger partial charge in [0.1, 0.15) is 0 Å². The first kappa shape index (κ1) is 19.4. The van der Waals surface area contributed by atoms with Gasteiger partial charge in [-0.25, -0.2) is 0 Å². The number of phenolic OH excluding ortho intramolecular Hbond substituents is 1. The van der Waals surface area contributed by atoms with E-state index in [1.807, 2.05) is 0 Å². The summed E-state index contributed by atoms with van der Waals surface area (Å²) in [6.45, 7) is 4.44. The maximum absolute atomic E-state index is 12.3. The van der Waals surface area contributed by atoms with Gasteiger partial charge in [0, 0.05) is 6.04 Å². The van der Waals surface area contributed by atoms with E-state index < -0.39 is 0 Å². The average Bonchev–Trinajstić information content (AvgIpc) is 2.62. The van der Waals surface area contributed by atoms with Crippen LogP contribution in [0.1, 0.15) is 57.9 Å². The summed E-state index contributed by atoms with van der Waals surface area (Å²) in [4.78, 5) is 12.3. The number of allylic oxidation sites excluding steroid dienone is 2. The van der Waals surface area contributed by atoms with Crippen LogP contribution in [0.15, 0.2) is 29.8 Å². The number of methoxy groups -OCH3 is 1. The Morgan fingerprint density at radius 2 is 1.92 bits per heavy atom. The van der Waals surface area contributed by atoms with E-state index in [9.17, 15) is 9.90 Å². The quantitative estimate of drug-likeness (QED) is 0.722. The fourth-order valence-electron chi connectivity index (χ4n) is 3.55. The average molecular weight is 345 g/mol. The second kappa shape index (κ2) is 9.50. The van der Waals surface area contributed by atoms with E-state index in [1.54, 1.807) is 23.8 Å². The number of hydrogen-bond donors (Lipinski definition) is 2. The summed E-state index contributed by atoms with van der Waals surface area (Å²) in [6.07, 6.45) is 9.46. The van der Waals surface area contributed by atoms with Crippen molar-refractivity contribution in [3.63, 3.8) is 0 Å². The Hall–Kier alpha value is -1.97. The molecule has 0 spiro atoms. The highest BCUT2D eigenvalue weighted by Crippen LogP contribution is 2.28. The maximum Gasteiger partial charge on any atom is 0.224 e. The van der Waals surface area contributed by atoms with Crippen LogP contribution >= 0.6 is 0 Å². The minimum Gasteiger partial charge on any atom is -0.504 e. The van der Waals surface area contributed by atoms with Crippen molar-refractivity contribution in [3.05, 3.63) is 35.4 Å². The highest BCUT2D eigenvalue weighted by molar-refractivity contribution is 5.79. The Morgan fingerprint density at radius 1 is 1.24 bits per heavy atom. The number of rotatable bonds is 7. The Kier molecular flexibility index (Phi) is 7.35. The van der Waals surface area contributed by atoms with Crippen LogP contribution in [0.5, 0.6) is 11.5 Å². The number of amides is 1. The Morgan fingerprint density at radius 3 is 2.52 bits per heavy atom. The molecule has 4 nitrogen and oxygen atoms in total. The van der Waals surface area contributed by atoms with E-state index in [0.717, 1.165) is 44.1 Å². The molecule has 1 aliphatic carbocycles. The van der Waals surface area contributed by atoms with Crippen molar-refractivity contribution in [1.29, 1.82) is 0 Å². The topological polar surface area (TPSA) is 58.6 Å². The zero-order chi connectivity index (χ0) is 18.2. The summed E-state index contributed by atoms with van der Waals surface area (Å²) in [5, 5.41) is 12.8. The number of carbonyl (C=O) groups excluding carboxylic acids is 1. The number of ether oxygens (including phenoxy) is 1. The summed E-state index contributed by atoms with van der Waals surface area (Å²) in [7, 11) is 1.51. The van der Waals surface area contributed by atoms with Gasteiger partial charge >= 0.3 is 0 Å². The molecule has 2 rings (SSSR count). The molecule has 0 heterocycles. The third-order valence-corrected chi connectivity index (χ3v) is 5.13. The third-order valence-electron chi connectivity index (χ3n) is 5.13. The molecule has 0 aromatic heterocycles. The molecule has 25 heavy (non-hydrogen) atoms. The van der Waals surface area contributed by atoms with E-state index in [4.69, 9.17) is 4.74 Å². The van der Waals surface area contributed by atoms with Gasteiger partial charge in [0.2, 0.25) is 5.91 Å². The summed E-state index contributed by atoms with van der Waals surface area (Å²) in [5.74, 6) is 1.20. The minimum atomic E-state index is 0.0366. The first-order valence-electron chi connectivity index (χ1n) is 9.40. The number of benzene rings is 1. The van der Waals surface area contributed by atoms with Crippen LogP contribution in [-0.4, -0.2) is 24.2 Å². The van der Waals surface area contributed by atoms with Crippen molar-refractivity contribution in [3.8, 4) is 11.5 Å². The largest absolute Gasteiger partial charge is 0.504 e. The maximum atomic E-state index is 12.3. The van der Waals surface area contributed by atoms with E-state index in [2.05, 4.69) is 25.2 Å². The van der Waals surface area contributed by atoms with Gasteiger partial charge < -0.3 is 15.2 Å². The molecular formula is C21H31NO3. The first-order chi connectivity index (χ1) is 12.0. The van der Waals surface area contributed by atoms with Gasteiger partial charge in [-0.3, -0.25) is 4.79 Å². The van der Waals surface area contributed by atoms with Gasteiger partial charge in [0.15, 0.2) is 11.5 Å². The van der Waals surface area contributed by atoms with Crippen LogP contribution in [0.2, 0.25) is 0 Å². The Balaban J connectivity index is 1.81. The van der Waals surface area contributed by atoms with Gasteiger partial charge in [0.25, 0.3) is 0 Å². The molecule has 1 saturated carbocycles. The van der Waals surface area contributed by atoms with Crippen LogP contribution < -0.4 is 10.1 Å². The number of hydrogen-bond acceptors (Lipinski definition) is 3. The van der Waals surface area contributed by atoms with E-state index in [-0.39, 0.29) is 17.7 Å². The van der Waals surface area contributed by atoms with Crippen molar-refractivity contribution < 1.29 is 14.6 Å². The highest BCUT2D eigenvalue weighted by atomic mass is 16.5. The Labute approximate surface area is 151 Å². The molecule has 1 aromatic carbocycles. The molecule has 0 saturated heterocycles. The number of nitrogens with one attached hydrogen (secondary N) is 1. The molecule has 0 atom stereocenters. The lowest BCUT2D eigenvalue weighted by molar-refractivity contribution is -0.121. The van der Waals surface area contributed by atoms with Gasteiger partial charge in [-0.2, -0.15) is 0 Å². The Bertz CT molecular complexity index is 595. The van der Waals surface area contributed by atoms with Crippen LogP contribution in [-0.2, 0) is 11.2 Å². The molecule has 0 bridgehead atoms. The third kappa shape index (κ3) is 5.80. The molecule has 0 radical (unpaired) electrons. The fraction of sp³-hybridized carbons (Fsp3) is 0.571. The lowest BCUT2D eigenvalue weighted by Gasteiger charge is -2.28. The number of phenols is 1. The first-order valence-corrected chi connectivity index (χ1v) is 9.40. The fourth-order valence-corrected chi connectivity index (χ4v) is 3.55. The molecule has 1 aromatic rings. The van der Waals surface area contributed by atoms with Crippen LogP contribution in [0.25, 0.3) is 0 Å². The molecule has 0 aliphatic heterocycles. The number of aromatic hydroxyl groups is 1. The van der Waals surface area contributed by atoms with Crippen LogP contribution in [0, 0.1) is 5.92 Å². The highest BCUT2D eigenvalue weighted by Gasteiger charge is 2.21. The van der Waals surface area contributed by atoms with Crippen molar-refractivity contribution in [2.24, 2.45) is 5.92 Å². The van der Waals surface area contributed by atoms with Gasteiger partial charge in [-0.05, 0) is 62.1 Å². The van der Waals surface area contributed by atoms with Gasteiger partial charge in [0.05, 0.1) is 13.5 Å². The van der Waals surface area contributed by atoms with Gasteiger partial charge in [-0.15, -0.1) is 0 Å². The van der Waals surface area contributed by atoms with Crippen LogP contribution in [0.3, 0.4) is 0 Å². The molecule has 4 heteroatoms. The molecule has 1 amide bonds. The van der Waals surface area contributed by atoms with Crippen molar-refractivity contribution in [1.82, 2.24) is 5.32 Å². The standard InChI is InChI=1S/C21H31NO3/c1-4-15(5-2)12-16-6-9-18(10-7-16)22-21(24)14-17-8-11-19(23)20(13-17)25-3/h8,11-13,16,18,23H,4-7,9-10,14H2,1-3H3,(H,22,24). The predicted molar refractivity (Wildman–Crippen MR) is 101 cm³/mol. The molecule has 138 valence electrons. The van der Waals surface area contributed by atoms with Crippen LogP contribution in [0.4, 0.5) is 0 Å². The molecule has 2 N–H and O–H groups in total. The summed E-state index contributed by atoms with van der Waals surface area (Å²) in [6, 6.07) is 5.32. The predicted octanol–water partition coefficient (Wildman–Crippen LogP) is 4.36. The summed E-state index contributed by atoms with van der Waals surface area (Å²) < 4.78 is 5.09. The normalized spacial score (nSPS) is 20.0. The van der Waals surface area contributed by atoms with E-state index in [0.29, 0.717) is 18.1 Å². The van der Waals surface area contributed by atoms with Crippen molar-refractivity contribution in [2.45, 2.75) is 64.8 Å². The summed E-state index contributed by atoms with van der Waals surface area (Å²) >= 11 is 0. The van der Waals surface area contributed by atoms with Crippen molar-refractivity contribution >= 4 is 5.91 Å². The zero-order valence-corrected chi connectivity index (χ0v) is 15.7. The van der Waals surface area contributed by atoms with E-state index >= 15 is 0 Å². The lowest BCUT2D eigenvalue weighted by atomic mass is 9.84.